The molecule has 1 nitrogen and oxygen atoms in total. The highest BCUT2D eigenvalue weighted by atomic mass is 14.4. The predicted molar refractivity (Wildman–Crippen MR) is 58.2 cm³/mol. The largest absolute Gasteiger partial charge is 0.308 e. The zero-order valence-electron chi connectivity index (χ0n) is 8.84. The predicted octanol–water partition coefficient (Wildman–Crippen LogP) is 3.65. The van der Waals surface area contributed by atoms with Crippen molar-refractivity contribution in [2.45, 2.75) is 39.5 Å². The minimum absolute atomic E-state index is 0.596. The lowest BCUT2D eigenvalue weighted by molar-refractivity contribution is 0.239. The van der Waals surface area contributed by atoms with Crippen LogP contribution < -0.4 is 0 Å². The van der Waals surface area contributed by atoms with Crippen LogP contribution in [0, 0.1) is 23.2 Å². The van der Waals surface area contributed by atoms with Crippen LogP contribution in [0.25, 0.3) is 0 Å². The molecule has 1 heteroatoms. The van der Waals surface area contributed by atoms with E-state index >= 15 is 0 Å². The van der Waals surface area contributed by atoms with Gasteiger partial charge in [0.1, 0.15) is 0 Å². The molecule has 0 saturated heterocycles. The van der Waals surface area contributed by atoms with E-state index in [1.54, 1.807) is 0 Å². The molecular weight excluding hydrogens is 158 g/mol. The Balaban J connectivity index is 2.51. The average molecular weight is 179 g/mol. The second-order valence-corrected chi connectivity index (χ2v) is 4.59. The summed E-state index contributed by atoms with van der Waals surface area (Å²) in [6.07, 6.45) is 6.64. The maximum atomic E-state index is 7.19. The molecule has 0 radical (unpaired) electrons. The van der Waals surface area contributed by atoms with Gasteiger partial charge in [-0.05, 0) is 36.2 Å². The van der Waals surface area contributed by atoms with E-state index < -0.39 is 0 Å². The topological polar surface area (TPSA) is 23.9 Å². The van der Waals surface area contributed by atoms with E-state index in [0.717, 1.165) is 17.4 Å². The molecule has 2 atom stereocenters. The molecule has 1 N–H and O–H groups in total. The van der Waals surface area contributed by atoms with Gasteiger partial charge in [-0.2, -0.15) is 0 Å². The molecule has 0 spiro atoms. The molecule has 1 aliphatic rings. The van der Waals surface area contributed by atoms with E-state index in [4.69, 9.17) is 5.41 Å². The highest BCUT2D eigenvalue weighted by Crippen LogP contribution is 2.36. The van der Waals surface area contributed by atoms with Crippen LogP contribution in [0.5, 0.6) is 0 Å². The Morgan fingerprint density at radius 2 is 2.15 bits per heavy atom. The summed E-state index contributed by atoms with van der Waals surface area (Å²) < 4.78 is 0. The first-order valence-corrected chi connectivity index (χ1v) is 5.34. The van der Waals surface area contributed by atoms with Gasteiger partial charge in [0.2, 0.25) is 0 Å². The van der Waals surface area contributed by atoms with Crippen molar-refractivity contribution in [3.8, 4) is 0 Å². The third-order valence-corrected chi connectivity index (χ3v) is 3.37. The lowest BCUT2D eigenvalue weighted by Gasteiger charge is -2.31. The van der Waals surface area contributed by atoms with Crippen LogP contribution in [-0.2, 0) is 0 Å². The van der Waals surface area contributed by atoms with E-state index in [1.165, 1.54) is 31.9 Å². The zero-order valence-corrected chi connectivity index (χ0v) is 8.84. The van der Waals surface area contributed by atoms with Gasteiger partial charge in [0, 0.05) is 6.21 Å². The molecule has 1 fully saturated rings. The Hall–Kier alpha value is -0.590. The second kappa shape index (κ2) is 4.59. The van der Waals surface area contributed by atoms with Gasteiger partial charge in [0.05, 0.1) is 0 Å². The fourth-order valence-corrected chi connectivity index (χ4v) is 2.29. The van der Waals surface area contributed by atoms with Gasteiger partial charge < -0.3 is 5.41 Å². The van der Waals surface area contributed by atoms with E-state index in [9.17, 15) is 0 Å². The molecule has 0 amide bonds. The van der Waals surface area contributed by atoms with Crippen LogP contribution in [0.4, 0.5) is 0 Å². The van der Waals surface area contributed by atoms with Crippen LogP contribution in [0.1, 0.15) is 39.5 Å². The third kappa shape index (κ3) is 2.68. The number of hydrogen-bond donors (Lipinski definition) is 1. The molecule has 0 heterocycles. The van der Waals surface area contributed by atoms with Crippen LogP contribution in [0.3, 0.4) is 0 Å². The number of nitrogens with one attached hydrogen (secondary N) is 1. The zero-order chi connectivity index (χ0) is 9.84. The quantitative estimate of drug-likeness (QED) is 0.639. The summed E-state index contributed by atoms with van der Waals surface area (Å²) in [6, 6.07) is 0. The molecule has 13 heavy (non-hydrogen) atoms. The van der Waals surface area contributed by atoms with E-state index in [-0.39, 0.29) is 0 Å². The average Bonchev–Trinajstić information content (AvgIpc) is 2.17. The van der Waals surface area contributed by atoms with Crippen molar-refractivity contribution in [2.24, 2.45) is 17.8 Å². The molecule has 1 aliphatic carbocycles. The van der Waals surface area contributed by atoms with Crippen molar-refractivity contribution < 1.29 is 0 Å². The van der Waals surface area contributed by atoms with Crippen LogP contribution in [0.2, 0.25) is 0 Å². The van der Waals surface area contributed by atoms with Gasteiger partial charge >= 0.3 is 0 Å². The lowest BCUT2D eigenvalue weighted by Crippen LogP contribution is -2.21. The van der Waals surface area contributed by atoms with Crippen LogP contribution in [0.15, 0.2) is 12.2 Å². The first-order chi connectivity index (χ1) is 6.15. The van der Waals surface area contributed by atoms with Gasteiger partial charge in [-0.25, -0.2) is 0 Å². The van der Waals surface area contributed by atoms with E-state index in [2.05, 4.69) is 20.4 Å². The molecule has 0 aliphatic heterocycles. The Morgan fingerprint density at radius 3 is 2.69 bits per heavy atom. The van der Waals surface area contributed by atoms with Gasteiger partial charge in [0.25, 0.3) is 0 Å². The molecular formula is C12H21N. The Morgan fingerprint density at radius 1 is 1.46 bits per heavy atom. The smallest absolute Gasteiger partial charge is 0.0206 e. The van der Waals surface area contributed by atoms with E-state index in [0.29, 0.717) is 5.92 Å². The molecule has 0 aromatic carbocycles. The van der Waals surface area contributed by atoms with Gasteiger partial charge in [-0.1, -0.05) is 33.3 Å². The Kier molecular flexibility index (Phi) is 3.71. The molecule has 0 aromatic heterocycles. The summed E-state index contributed by atoms with van der Waals surface area (Å²) in [6.45, 7) is 8.56. The summed E-state index contributed by atoms with van der Waals surface area (Å²) in [7, 11) is 0. The molecule has 1 saturated carbocycles. The Labute approximate surface area is 81.7 Å². The molecule has 0 aromatic rings. The lowest BCUT2D eigenvalue weighted by atomic mass is 9.74. The van der Waals surface area contributed by atoms with Crippen LogP contribution in [-0.4, -0.2) is 6.21 Å². The maximum Gasteiger partial charge on any atom is 0.0206 e. The highest BCUT2D eigenvalue weighted by Gasteiger charge is 2.24. The van der Waals surface area contributed by atoms with Crippen molar-refractivity contribution in [3.05, 3.63) is 12.2 Å². The van der Waals surface area contributed by atoms with Crippen LogP contribution >= 0.6 is 0 Å². The minimum atomic E-state index is 0.596. The SMILES string of the molecule is C=C(C=N)C1CCCC(C(C)C)C1. The van der Waals surface area contributed by atoms with Gasteiger partial charge in [-0.15, -0.1) is 0 Å². The summed E-state index contributed by atoms with van der Waals surface area (Å²) in [5, 5.41) is 7.19. The maximum absolute atomic E-state index is 7.19. The minimum Gasteiger partial charge on any atom is -0.308 e. The van der Waals surface area contributed by atoms with E-state index in [1.807, 2.05) is 0 Å². The summed E-state index contributed by atoms with van der Waals surface area (Å²) in [5.41, 5.74) is 1.03. The number of allylic oxidation sites excluding steroid dienone is 1. The Bertz CT molecular complexity index is 193. The number of hydrogen-bond acceptors (Lipinski definition) is 1. The standard InChI is InChI=1S/C12H21N/c1-9(2)11-5-4-6-12(7-11)10(3)8-13/h8-9,11-13H,3-7H2,1-2H3. The van der Waals surface area contributed by atoms with Gasteiger partial charge in [-0.3, -0.25) is 0 Å². The normalized spacial score (nSPS) is 28.8. The summed E-state index contributed by atoms with van der Waals surface area (Å²) >= 11 is 0. The molecule has 74 valence electrons. The fraction of sp³-hybridized carbons (Fsp3) is 0.750. The van der Waals surface area contributed by atoms with Crippen molar-refractivity contribution in [1.82, 2.24) is 0 Å². The first-order valence-electron chi connectivity index (χ1n) is 5.34. The van der Waals surface area contributed by atoms with Crippen molar-refractivity contribution in [1.29, 1.82) is 5.41 Å². The molecule has 2 unspecified atom stereocenters. The number of rotatable bonds is 3. The third-order valence-electron chi connectivity index (χ3n) is 3.37. The van der Waals surface area contributed by atoms with Crippen molar-refractivity contribution in [2.75, 3.05) is 0 Å². The van der Waals surface area contributed by atoms with Crippen molar-refractivity contribution in [3.63, 3.8) is 0 Å². The van der Waals surface area contributed by atoms with Crippen molar-refractivity contribution >= 4 is 6.21 Å². The van der Waals surface area contributed by atoms with Gasteiger partial charge in [0.15, 0.2) is 0 Å². The second-order valence-electron chi connectivity index (χ2n) is 4.59. The monoisotopic (exact) mass is 179 g/mol. The summed E-state index contributed by atoms with van der Waals surface area (Å²) in [5.74, 6) is 2.25. The summed E-state index contributed by atoms with van der Waals surface area (Å²) in [4.78, 5) is 0. The first kappa shape index (κ1) is 10.5. The fourth-order valence-electron chi connectivity index (χ4n) is 2.29. The molecule has 1 rings (SSSR count). The highest BCUT2D eigenvalue weighted by molar-refractivity contribution is 5.75. The molecule has 0 bridgehead atoms.